The van der Waals surface area contributed by atoms with Gasteiger partial charge in [-0.3, -0.25) is 9.59 Å². The van der Waals surface area contributed by atoms with Crippen molar-refractivity contribution in [3.63, 3.8) is 0 Å². The second-order valence-corrected chi connectivity index (χ2v) is 9.32. The molecule has 0 atom stereocenters. The number of aryl methyl sites for hydroxylation is 1. The molecule has 0 unspecified atom stereocenters. The minimum Gasteiger partial charge on any atom is -0.368 e. The lowest BCUT2D eigenvalue weighted by atomic mass is 10.2. The Kier molecular flexibility index (Phi) is 6.50. The fourth-order valence-corrected chi connectivity index (χ4v) is 5.04. The molecule has 0 N–H and O–H groups in total. The Morgan fingerprint density at radius 1 is 1.03 bits per heavy atom. The maximum Gasteiger partial charge on any atom is 0.267 e. The highest BCUT2D eigenvalue weighted by Crippen LogP contribution is 2.22. The zero-order valence-corrected chi connectivity index (χ0v) is 20.0. The number of hydrogen-bond acceptors (Lipinski definition) is 6. The standard InChI is InChI=1S/C26H24FN5O2S/c1-18-10-11-28-23(16-18)32-25(34)21-4-2-3-5-22(21)29-26(32)35-17-24(33)31-14-12-30(13-15-31)20-8-6-19(27)7-9-20/h2-11,16H,12-15,17H2,1H3. The average Bonchev–Trinajstić information content (AvgIpc) is 2.88. The van der Waals surface area contributed by atoms with E-state index in [1.54, 1.807) is 36.5 Å². The van der Waals surface area contributed by atoms with Gasteiger partial charge in [-0.05, 0) is 61.0 Å². The Bertz CT molecular complexity index is 1430. The van der Waals surface area contributed by atoms with Crippen molar-refractivity contribution in [3.8, 4) is 5.82 Å². The van der Waals surface area contributed by atoms with Gasteiger partial charge >= 0.3 is 0 Å². The van der Waals surface area contributed by atoms with Crippen LogP contribution in [-0.2, 0) is 4.79 Å². The number of fused-ring (bicyclic) bond motifs is 1. The van der Waals surface area contributed by atoms with Crippen molar-refractivity contribution in [1.29, 1.82) is 0 Å². The van der Waals surface area contributed by atoms with Crippen molar-refractivity contribution in [2.75, 3.05) is 36.8 Å². The molecule has 4 aromatic rings. The smallest absolute Gasteiger partial charge is 0.267 e. The first kappa shape index (κ1) is 23.0. The number of benzene rings is 2. The molecule has 1 amide bonds. The molecule has 3 heterocycles. The minimum atomic E-state index is -0.263. The quantitative estimate of drug-likeness (QED) is 0.315. The summed E-state index contributed by atoms with van der Waals surface area (Å²) in [5.74, 6) is 0.366. The van der Waals surface area contributed by atoms with Crippen LogP contribution in [0.4, 0.5) is 10.1 Å². The summed E-state index contributed by atoms with van der Waals surface area (Å²) in [4.78, 5) is 39.4. The van der Waals surface area contributed by atoms with Crippen LogP contribution >= 0.6 is 11.8 Å². The highest BCUT2D eigenvalue weighted by molar-refractivity contribution is 7.99. The SMILES string of the molecule is Cc1ccnc(-n2c(SCC(=O)N3CCN(c4ccc(F)cc4)CC3)nc3ccccc3c2=O)c1. The van der Waals surface area contributed by atoms with Gasteiger partial charge in [0.2, 0.25) is 5.91 Å². The molecule has 178 valence electrons. The van der Waals surface area contributed by atoms with Crippen LogP contribution in [0.1, 0.15) is 5.56 Å². The number of carbonyl (C=O) groups excluding carboxylic acids is 1. The third-order valence-electron chi connectivity index (χ3n) is 6.02. The monoisotopic (exact) mass is 489 g/mol. The molecule has 35 heavy (non-hydrogen) atoms. The molecule has 2 aromatic heterocycles. The van der Waals surface area contributed by atoms with Crippen molar-refractivity contribution in [2.24, 2.45) is 0 Å². The van der Waals surface area contributed by atoms with Crippen LogP contribution in [0.2, 0.25) is 0 Å². The van der Waals surface area contributed by atoms with Gasteiger partial charge < -0.3 is 9.80 Å². The molecule has 5 rings (SSSR count). The highest BCUT2D eigenvalue weighted by Gasteiger charge is 2.23. The first-order valence-corrected chi connectivity index (χ1v) is 12.3. The number of amides is 1. The number of hydrogen-bond donors (Lipinski definition) is 0. The normalized spacial score (nSPS) is 13.9. The first-order valence-electron chi connectivity index (χ1n) is 11.4. The third kappa shape index (κ3) is 4.90. The van der Waals surface area contributed by atoms with Gasteiger partial charge in [-0.2, -0.15) is 0 Å². The lowest BCUT2D eigenvalue weighted by molar-refractivity contribution is -0.128. The van der Waals surface area contributed by atoms with E-state index in [0.29, 0.717) is 48.1 Å². The zero-order chi connectivity index (χ0) is 24.4. The maximum absolute atomic E-state index is 13.3. The highest BCUT2D eigenvalue weighted by atomic mass is 32.2. The summed E-state index contributed by atoms with van der Waals surface area (Å²) < 4.78 is 14.7. The third-order valence-corrected chi connectivity index (χ3v) is 6.95. The lowest BCUT2D eigenvalue weighted by Crippen LogP contribution is -2.49. The Morgan fingerprint density at radius 2 is 1.77 bits per heavy atom. The lowest BCUT2D eigenvalue weighted by Gasteiger charge is -2.36. The Balaban J connectivity index is 1.33. The molecule has 1 fully saturated rings. The van der Waals surface area contributed by atoms with E-state index < -0.39 is 0 Å². The molecule has 1 aliphatic heterocycles. The van der Waals surface area contributed by atoms with Gasteiger partial charge in [0.1, 0.15) is 11.6 Å². The van der Waals surface area contributed by atoms with E-state index in [-0.39, 0.29) is 23.0 Å². The Labute approximate surface area is 206 Å². The number of nitrogens with zero attached hydrogens (tertiary/aromatic N) is 5. The van der Waals surface area contributed by atoms with Crippen LogP contribution in [0.15, 0.2) is 76.8 Å². The van der Waals surface area contributed by atoms with Gasteiger partial charge in [0.05, 0.1) is 16.7 Å². The predicted molar refractivity (Wildman–Crippen MR) is 136 cm³/mol. The van der Waals surface area contributed by atoms with E-state index in [9.17, 15) is 14.0 Å². The summed E-state index contributed by atoms with van der Waals surface area (Å²) in [6.45, 7) is 4.44. The number of thioether (sulfide) groups is 1. The van der Waals surface area contributed by atoms with Crippen LogP contribution in [0, 0.1) is 12.7 Å². The van der Waals surface area contributed by atoms with Gasteiger partial charge in [-0.15, -0.1) is 0 Å². The van der Waals surface area contributed by atoms with Crippen molar-refractivity contribution in [1.82, 2.24) is 19.4 Å². The number of anilines is 1. The molecular formula is C26H24FN5O2S. The van der Waals surface area contributed by atoms with E-state index in [0.717, 1.165) is 11.3 Å². The summed E-state index contributed by atoms with van der Waals surface area (Å²) >= 11 is 1.24. The molecule has 0 bridgehead atoms. The number of pyridine rings is 1. The number of piperazine rings is 1. The first-order chi connectivity index (χ1) is 17.0. The number of rotatable bonds is 5. The number of carbonyl (C=O) groups is 1. The largest absolute Gasteiger partial charge is 0.368 e. The maximum atomic E-state index is 13.3. The van der Waals surface area contributed by atoms with Gasteiger partial charge in [0.25, 0.3) is 5.56 Å². The molecule has 0 spiro atoms. The van der Waals surface area contributed by atoms with Gasteiger partial charge in [-0.25, -0.2) is 18.9 Å². The molecule has 9 heteroatoms. The molecule has 1 aliphatic rings. The van der Waals surface area contributed by atoms with Gasteiger partial charge in [0.15, 0.2) is 5.16 Å². The summed E-state index contributed by atoms with van der Waals surface area (Å²) in [7, 11) is 0. The van der Waals surface area contributed by atoms with Crippen LogP contribution in [0.25, 0.3) is 16.7 Å². The molecule has 0 aliphatic carbocycles. The van der Waals surface area contributed by atoms with Crippen LogP contribution in [0.5, 0.6) is 0 Å². The second kappa shape index (κ2) is 9.87. The van der Waals surface area contributed by atoms with Gasteiger partial charge in [-0.1, -0.05) is 23.9 Å². The Hall–Kier alpha value is -3.72. The summed E-state index contributed by atoms with van der Waals surface area (Å²) in [5, 5.41) is 0.938. The van der Waals surface area contributed by atoms with Gasteiger partial charge in [0, 0.05) is 38.1 Å². The topological polar surface area (TPSA) is 71.3 Å². The van der Waals surface area contributed by atoms with E-state index >= 15 is 0 Å². The van der Waals surface area contributed by atoms with Crippen molar-refractivity contribution < 1.29 is 9.18 Å². The molecular weight excluding hydrogens is 465 g/mol. The van der Waals surface area contributed by atoms with Crippen LogP contribution in [0.3, 0.4) is 0 Å². The average molecular weight is 490 g/mol. The molecule has 0 saturated carbocycles. The van der Waals surface area contributed by atoms with Crippen molar-refractivity contribution >= 4 is 34.3 Å². The van der Waals surface area contributed by atoms with Crippen LogP contribution in [-0.4, -0.2) is 57.3 Å². The fraction of sp³-hybridized carbons (Fsp3) is 0.231. The predicted octanol–water partition coefficient (Wildman–Crippen LogP) is 3.67. The van der Waals surface area contributed by atoms with E-state index in [1.165, 1.54) is 28.5 Å². The van der Waals surface area contributed by atoms with Crippen molar-refractivity contribution in [2.45, 2.75) is 12.1 Å². The summed E-state index contributed by atoms with van der Waals surface area (Å²) in [6, 6.07) is 17.3. The Morgan fingerprint density at radius 3 is 2.51 bits per heavy atom. The van der Waals surface area contributed by atoms with E-state index in [2.05, 4.69) is 9.88 Å². The zero-order valence-electron chi connectivity index (χ0n) is 19.2. The number of aromatic nitrogens is 3. The fourth-order valence-electron chi connectivity index (χ4n) is 4.14. The molecule has 7 nitrogen and oxygen atoms in total. The molecule has 0 radical (unpaired) electrons. The number of para-hydroxylation sites is 1. The second-order valence-electron chi connectivity index (χ2n) is 8.38. The number of halogens is 1. The summed E-state index contributed by atoms with van der Waals surface area (Å²) in [5.41, 5.74) is 2.30. The van der Waals surface area contributed by atoms with Crippen LogP contribution < -0.4 is 10.5 Å². The molecule has 2 aromatic carbocycles. The van der Waals surface area contributed by atoms with Crippen molar-refractivity contribution in [3.05, 3.63) is 88.6 Å². The minimum absolute atomic E-state index is 0.0140. The molecule has 1 saturated heterocycles. The van der Waals surface area contributed by atoms with E-state index in [1.807, 2.05) is 30.0 Å². The summed E-state index contributed by atoms with van der Waals surface area (Å²) in [6.07, 6.45) is 1.66. The van der Waals surface area contributed by atoms with E-state index in [4.69, 9.17) is 4.98 Å².